The van der Waals surface area contributed by atoms with Gasteiger partial charge in [-0.05, 0) is 45.6 Å². The van der Waals surface area contributed by atoms with E-state index in [1.807, 2.05) is 13.8 Å². The molecule has 1 aliphatic heterocycles. The van der Waals surface area contributed by atoms with Gasteiger partial charge in [0.05, 0.1) is 6.61 Å². The van der Waals surface area contributed by atoms with Gasteiger partial charge in [0, 0.05) is 24.3 Å². The van der Waals surface area contributed by atoms with Gasteiger partial charge in [-0.15, -0.1) is 0 Å². The number of aryl methyl sites for hydroxylation is 2. The first kappa shape index (κ1) is 13.6. The van der Waals surface area contributed by atoms with Crippen LogP contribution in [-0.4, -0.2) is 19.3 Å². The Bertz CT molecular complexity index is 380. The molecule has 3 atom stereocenters. The van der Waals surface area contributed by atoms with Crippen molar-refractivity contribution < 1.29 is 9.15 Å². The van der Waals surface area contributed by atoms with Crippen molar-refractivity contribution >= 4 is 0 Å². The van der Waals surface area contributed by atoms with Gasteiger partial charge in [0.2, 0.25) is 0 Å². The highest BCUT2D eigenvalue weighted by Crippen LogP contribution is 2.25. The summed E-state index contributed by atoms with van der Waals surface area (Å²) in [6.07, 6.45) is 2.33. The van der Waals surface area contributed by atoms with E-state index < -0.39 is 0 Å². The van der Waals surface area contributed by atoms with Crippen molar-refractivity contribution in [1.29, 1.82) is 0 Å². The van der Waals surface area contributed by atoms with Crippen LogP contribution in [0.4, 0.5) is 0 Å². The molecule has 1 N–H and O–H groups in total. The minimum Gasteiger partial charge on any atom is -0.466 e. The Morgan fingerprint density at radius 1 is 1.44 bits per heavy atom. The molecule has 1 aromatic rings. The molecule has 18 heavy (non-hydrogen) atoms. The van der Waals surface area contributed by atoms with Crippen LogP contribution in [0.3, 0.4) is 0 Å². The Hall–Kier alpha value is -0.800. The molecule has 1 aromatic heterocycles. The van der Waals surface area contributed by atoms with Gasteiger partial charge in [-0.3, -0.25) is 0 Å². The highest BCUT2D eigenvalue weighted by molar-refractivity contribution is 5.23. The minimum absolute atomic E-state index is 0.341. The maximum absolute atomic E-state index is 5.61. The largest absolute Gasteiger partial charge is 0.466 e. The lowest BCUT2D eigenvalue weighted by Crippen LogP contribution is -2.37. The maximum atomic E-state index is 5.61. The molecule has 0 radical (unpaired) electrons. The second kappa shape index (κ2) is 5.89. The second-order valence-electron chi connectivity index (χ2n) is 5.40. The van der Waals surface area contributed by atoms with E-state index >= 15 is 0 Å². The van der Waals surface area contributed by atoms with E-state index in [-0.39, 0.29) is 0 Å². The van der Waals surface area contributed by atoms with E-state index in [0.29, 0.717) is 18.0 Å². The predicted octanol–water partition coefficient (Wildman–Crippen LogP) is 3.36. The van der Waals surface area contributed by atoms with Gasteiger partial charge in [0.1, 0.15) is 11.5 Å². The number of hydrogen-bond acceptors (Lipinski definition) is 3. The van der Waals surface area contributed by atoms with E-state index in [1.54, 1.807) is 0 Å². The molecule has 3 unspecified atom stereocenters. The van der Waals surface area contributed by atoms with Gasteiger partial charge in [0.15, 0.2) is 0 Å². The Kier molecular flexibility index (Phi) is 4.46. The Morgan fingerprint density at radius 3 is 2.72 bits per heavy atom. The summed E-state index contributed by atoms with van der Waals surface area (Å²) in [5, 5.41) is 3.74. The lowest BCUT2D eigenvalue weighted by atomic mass is 9.95. The zero-order chi connectivity index (χ0) is 13.1. The standard InChI is InChI=1S/C15H25NO2/c1-5-15(13-6-7-17-9-13)16-11(3)14-8-10(2)18-12(14)4/h8,11,13,15-16H,5-7,9H2,1-4H3. The van der Waals surface area contributed by atoms with Gasteiger partial charge >= 0.3 is 0 Å². The molecule has 2 heterocycles. The van der Waals surface area contributed by atoms with Crippen LogP contribution in [0.15, 0.2) is 10.5 Å². The number of nitrogens with one attached hydrogen (secondary N) is 1. The maximum Gasteiger partial charge on any atom is 0.105 e. The van der Waals surface area contributed by atoms with Gasteiger partial charge < -0.3 is 14.5 Å². The van der Waals surface area contributed by atoms with Crippen LogP contribution in [0, 0.1) is 19.8 Å². The van der Waals surface area contributed by atoms with Gasteiger partial charge in [-0.1, -0.05) is 6.92 Å². The molecule has 1 saturated heterocycles. The second-order valence-corrected chi connectivity index (χ2v) is 5.40. The van der Waals surface area contributed by atoms with Crippen LogP contribution in [0.5, 0.6) is 0 Å². The molecule has 1 aliphatic rings. The quantitative estimate of drug-likeness (QED) is 0.871. The molecule has 0 saturated carbocycles. The topological polar surface area (TPSA) is 34.4 Å². The summed E-state index contributed by atoms with van der Waals surface area (Å²) in [5.74, 6) is 2.68. The normalized spacial score (nSPS) is 23.2. The summed E-state index contributed by atoms with van der Waals surface area (Å²) in [7, 11) is 0. The van der Waals surface area contributed by atoms with E-state index in [1.165, 1.54) is 12.0 Å². The van der Waals surface area contributed by atoms with Crippen molar-refractivity contribution in [2.24, 2.45) is 5.92 Å². The fourth-order valence-electron chi connectivity index (χ4n) is 2.95. The molecule has 2 rings (SSSR count). The van der Waals surface area contributed by atoms with E-state index in [0.717, 1.165) is 31.2 Å². The molecule has 3 heteroatoms. The first-order valence-corrected chi connectivity index (χ1v) is 7.02. The zero-order valence-corrected chi connectivity index (χ0v) is 12.0. The average Bonchev–Trinajstić information content (AvgIpc) is 2.95. The number of ether oxygens (including phenoxy) is 1. The van der Waals surface area contributed by atoms with Crippen LogP contribution in [-0.2, 0) is 4.74 Å². The molecule has 1 fully saturated rings. The first-order valence-electron chi connectivity index (χ1n) is 7.02. The molecular weight excluding hydrogens is 226 g/mol. The molecule has 0 amide bonds. The van der Waals surface area contributed by atoms with Crippen LogP contribution in [0.1, 0.15) is 49.8 Å². The SMILES string of the molecule is CCC(NC(C)c1cc(C)oc1C)C1CCOC1. The van der Waals surface area contributed by atoms with E-state index in [2.05, 4.69) is 25.2 Å². The molecular formula is C15H25NO2. The van der Waals surface area contributed by atoms with Crippen molar-refractivity contribution in [2.45, 2.75) is 52.6 Å². The number of furan rings is 1. The van der Waals surface area contributed by atoms with Crippen molar-refractivity contribution in [3.05, 3.63) is 23.2 Å². The number of hydrogen-bond donors (Lipinski definition) is 1. The Balaban J connectivity index is 2.00. The lowest BCUT2D eigenvalue weighted by Gasteiger charge is -2.26. The van der Waals surface area contributed by atoms with Crippen LogP contribution < -0.4 is 5.32 Å². The van der Waals surface area contributed by atoms with Crippen LogP contribution in [0.2, 0.25) is 0 Å². The summed E-state index contributed by atoms with van der Waals surface area (Å²) in [6.45, 7) is 10.3. The fourth-order valence-corrected chi connectivity index (χ4v) is 2.95. The van der Waals surface area contributed by atoms with E-state index in [9.17, 15) is 0 Å². The molecule has 102 valence electrons. The van der Waals surface area contributed by atoms with Crippen molar-refractivity contribution in [2.75, 3.05) is 13.2 Å². The highest BCUT2D eigenvalue weighted by atomic mass is 16.5. The monoisotopic (exact) mass is 251 g/mol. The van der Waals surface area contributed by atoms with Crippen molar-refractivity contribution in [3.63, 3.8) is 0 Å². The highest BCUT2D eigenvalue weighted by Gasteiger charge is 2.26. The molecule has 0 spiro atoms. The first-order chi connectivity index (χ1) is 8.61. The number of rotatable bonds is 5. The molecule has 3 nitrogen and oxygen atoms in total. The third-order valence-electron chi connectivity index (χ3n) is 3.98. The summed E-state index contributed by atoms with van der Waals surface area (Å²) in [4.78, 5) is 0. The molecule has 0 aromatic carbocycles. The predicted molar refractivity (Wildman–Crippen MR) is 72.7 cm³/mol. The zero-order valence-electron chi connectivity index (χ0n) is 12.0. The van der Waals surface area contributed by atoms with E-state index in [4.69, 9.17) is 9.15 Å². The Labute approximate surface area is 110 Å². The van der Waals surface area contributed by atoms with Crippen LogP contribution >= 0.6 is 0 Å². The summed E-state index contributed by atoms with van der Waals surface area (Å²) in [5.41, 5.74) is 1.28. The lowest BCUT2D eigenvalue weighted by molar-refractivity contribution is 0.174. The van der Waals surface area contributed by atoms with Crippen molar-refractivity contribution in [1.82, 2.24) is 5.32 Å². The van der Waals surface area contributed by atoms with Crippen molar-refractivity contribution in [3.8, 4) is 0 Å². The van der Waals surface area contributed by atoms with Crippen LogP contribution in [0.25, 0.3) is 0 Å². The van der Waals surface area contributed by atoms with Gasteiger partial charge in [-0.25, -0.2) is 0 Å². The molecule has 0 aliphatic carbocycles. The third-order valence-corrected chi connectivity index (χ3v) is 3.98. The Morgan fingerprint density at radius 2 is 2.22 bits per heavy atom. The fraction of sp³-hybridized carbons (Fsp3) is 0.733. The minimum atomic E-state index is 0.341. The summed E-state index contributed by atoms with van der Waals surface area (Å²) >= 11 is 0. The smallest absolute Gasteiger partial charge is 0.105 e. The average molecular weight is 251 g/mol. The van der Waals surface area contributed by atoms with Gasteiger partial charge in [-0.2, -0.15) is 0 Å². The summed E-state index contributed by atoms with van der Waals surface area (Å²) < 4.78 is 11.1. The summed E-state index contributed by atoms with van der Waals surface area (Å²) in [6, 6.07) is 3.02. The molecule has 0 bridgehead atoms. The third kappa shape index (κ3) is 2.96. The van der Waals surface area contributed by atoms with Gasteiger partial charge in [0.25, 0.3) is 0 Å².